The Morgan fingerprint density at radius 3 is 2.33 bits per heavy atom. The minimum Gasteiger partial charge on any atom is -0.226 e. The van der Waals surface area contributed by atoms with Crippen molar-refractivity contribution in [2.24, 2.45) is 5.14 Å². The minimum atomic E-state index is -4.58. The van der Waals surface area contributed by atoms with Crippen molar-refractivity contribution < 1.29 is 21.6 Å². The molecule has 0 saturated heterocycles. The normalized spacial score (nSPS) is 12.1. The molecule has 0 aliphatic carbocycles. The molecule has 0 aliphatic rings. The van der Waals surface area contributed by atoms with Gasteiger partial charge in [0.15, 0.2) is 0 Å². The number of sulfonamides is 1. The molecule has 0 saturated carbocycles. The number of rotatable bonds is 2. The van der Waals surface area contributed by atoms with Crippen molar-refractivity contribution in [2.45, 2.75) is 11.3 Å². The first-order valence-electron chi connectivity index (χ1n) is 3.40. The summed E-state index contributed by atoms with van der Waals surface area (Å²) in [5.41, 5.74) is -1.02. The average Bonchev–Trinajstić information content (AvgIpc) is 2.05. The number of nitrogens with zero attached hydrogens (tertiary/aromatic N) is 1. The summed E-state index contributed by atoms with van der Waals surface area (Å²) in [6, 6.07) is 0. The molecular weight excluding hydrogens is 301 g/mol. The summed E-state index contributed by atoms with van der Waals surface area (Å²) >= 11 is 2.65. The standard InChI is InChI=1S/C6H4BrF3N2O2S/c7-2-1-12-6(10)4(15(11,13)14)3(2)5(8)9/h1,5H,(H2,11,13,14). The average molecular weight is 305 g/mol. The molecule has 9 heteroatoms. The Labute approximate surface area is 91.5 Å². The second-order valence-corrected chi connectivity index (χ2v) is 4.84. The predicted molar refractivity (Wildman–Crippen MR) is 48.2 cm³/mol. The molecule has 1 rings (SSSR count). The maximum absolute atomic E-state index is 13.0. The number of hydrogen-bond acceptors (Lipinski definition) is 3. The fourth-order valence-corrected chi connectivity index (χ4v) is 2.33. The molecule has 1 aromatic heterocycles. The second-order valence-electron chi connectivity index (χ2n) is 2.49. The Bertz CT molecular complexity index is 491. The Morgan fingerprint density at radius 2 is 2.00 bits per heavy atom. The summed E-state index contributed by atoms with van der Waals surface area (Å²) < 4.78 is 59.3. The van der Waals surface area contributed by atoms with Crippen LogP contribution in [0.2, 0.25) is 0 Å². The van der Waals surface area contributed by atoms with Crippen LogP contribution in [0.5, 0.6) is 0 Å². The molecule has 0 atom stereocenters. The third kappa shape index (κ3) is 2.47. The van der Waals surface area contributed by atoms with Gasteiger partial charge in [0.05, 0.1) is 5.56 Å². The van der Waals surface area contributed by atoms with Gasteiger partial charge in [-0.3, -0.25) is 0 Å². The second kappa shape index (κ2) is 4.06. The van der Waals surface area contributed by atoms with Crippen molar-refractivity contribution in [3.05, 3.63) is 22.2 Å². The van der Waals surface area contributed by atoms with E-state index in [0.717, 1.165) is 6.20 Å². The molecule has 0 aromatic carbocycles. The van der Waals surface area contributed by atoms with E-state index in [1.54, 1.807) is 0 Å². The predicted octanol–water partition coefficient (Wildman–Crippen LogP) is 1.57. The van der Waals surface area contributed by atoms with Crippen LogP contribution in [0.25, 0.3) is 0 Å². The fraction of sp³-hybridized carbons (Fsp3) is 0.167. The highest BCUT2D eigenvalue weighted by atomic mass is 79.9. The van der Waals surface area contributed by atoms with Gasteiger partial charge in [0.2, 0.25) is 16.0 Å². The van der Waals surface area contributed by atoms with Gasteiger partial charge in [-0.15, -0.1) is 0 Å². The van der Waals surface area contributed by atoms with Gasteiger partial charge < -0.3 is 0 Å². The lowest BCUT2D eigenvalue weighted by Crippen LogP contribution is -2.18. The molecule has 84 valence electrons. The summed E-state index contributed by atoms with van der Waals surface area (Å²) in [4.78, 5) is 1.70. The van der Waals surface area contributed by atoms with Crippen LogP contribution < -0.4 is 5.14 Å². The van der Waals surface area contributed by atoms with Gasteiger partial charge in [0.1, 0.15) is 4.90 Å². The van der Waals surface area contributed by atoms with E-state index in [4.69, 9.17) is 0 Å². The van der Waals surface area contributed by atoms with Crippen molar-refractivity contribution in [1.82, 2.24) is 4.98 Å². The van der Waals surface area contributed by atoms with Gasteiger partial charge in [-0.05, 0) is 15.9 Å². The quantitative estimate of drug-likeness (QED) is 0.843. The van der Waals surface area contributed by atoms with Crippen LogP contribution in [0.3, 0.4) is 0 Å². The van der Waals surface area contributed by atoms with E-state index in [1.807, 2.05) is 0 Å². The Kier molecular flexibility index (Phi) is 3.36. The molecule has 4 nitrogen and oxygen atoms in total. The number of nitrogens with two attached hydrogens (primary N) is 1. The molecule has 0 bridgehead atoms. The van der Waals surface area contributed by atoms with E-state index >= 15 is 0 Å². The van der Waals surface area contributed by atoms with Crippen LogP contribution in [-0.2, 0) is 10.0 Å². The van der Waals surface area contributed by atoms with Crippen LogP contribution in [-0.4, -0.2) is 13.4 Å². The van der Waals surface area contributed by atoms with E-state index in [2.05, 4.69) is 26.1 Å². The monoisotopic (exact) mass is 304 g/mol. The van der Waals surface area contributed by atoms with Crippen LogP contribution in [0.15, 0.2) is 15.6 Å². The van der Waals surface area contributed by atoms with Crippen LogP contribution >= 0.6 is 15.9 Å². The largest absolute Gasteiger partial charge is 0.266 e. The van der Waals surface area contributed by atoms with E-state index in [9.17, 15) is 21.6 Å². The number of halogens is 4. The van der Waals surface area contributed by atoms with Crippen molar-refractivity contribution >= 4 is 26.0 Å². The first-order valence-corrected chi connectivity index (χ1v) is 5.74. The van der Waals surface area contributed by atoms with Crippen LogP contribution in [0, 0.1) is 5.95 Å². The lowest BCUT2D eigenvalue weighted by Gasteiger charge is -2.08. The number of primary sulfonamides is 1. The van der Waals surface area contributed by atoms with Gasteiger partial charge in [0, 0.05) is 10.7 Å². The smallest absolute Gasteiger partial charge is 0.226 e. The van der Waals surface area contributed by atoms with E-state index in [-0.39, 0.29) is 4.47 Å². The van der Waals surface area contributed by atoms with Crippen molar-refractivity contribution in [2.75, 3.05) is 0 Å². The zero-order valence-corrected chi connectivity index (χ0v) is 9.32. The van der Waals surface area contributed by atoms with Gasteiger partial charge in [-0.25, -0.2) is 27.3 Å². The lowest BCUT2D eigenvalue weighted by atomic mass is 10.3. The molecule has 0 unspecified atom stereocenters. The molecule has 1 aromatic rings. The summed E-state index contributed by atoms with van der Waals surface area (Å²) in [6.07, 6.45) is -2.43. The van der Waals surface area contributed by atoms with Crippen LogP contribution in [0.4, 0.5) is 13.2 Å². The minimum absolute atomic E-state index is 0.317. The molecule has 0 fully saturated rings. The highest BCUT2D eigenvalue weighted by Crippen LogP contribution is 2.33. The van der Waals surface area contributed by atoms with Gasteiger partial charge in [-0.1, -0.05) is 0 Å². The van der Waals surface area contributed by atoms with Crippen LogP contribution in [0.1, 0.15) is 12.0 Å². The topological polar surface area (TPSA) is 73.1 Å². The Balaban J connectivity index is 3.68. The molecule has 0 radical (unpaired) electrons. The Hall–Kier alpha value is -0.670. The molecule has 1 heterocycles. The zero-order chi connectivity index (χ0) is 11.8. The van der Waals surface area contributed by atoms with Gasteiger partial charge in [-0.2, -0.15) is 4.39 Å². The molecule has 0 amide bonds. The van der Waals surface area contributed by atoms with Crippen molar-refractivity contribution in [3.63, 3.8) is 0 Å². The molecule has 0 spiro atoms. The molecule has 0 aliphatic heterocycles. The number of pyridine rings is 1. The molecule has 2 N–H and O–H groups in total. The van der Waals surface area contributed by atoms with Gasteiger partial charge in [0.25, 0.3) is 6.43 Å². The zero-order valence-electron chi connectivity index (χ0n) is 6.92. The maximum Gasteiger partial charge on any atom is 0.266 e. The van der Waals surface area contributed by atoms with E-state index in [0.29, 0.717) is 0 Å². The highest BCUT2D eigenvalue weighted by molar-refractivity contribution is 9.10. The van der Waals surface area contributed by atoms with E-state index in [1.165, 1.54) is 0 Å². The maximum atomic E-state index is 13.0. The van der Waals surface area contributed by atoms with E-state index < -0.39 is 32.9 Å². The first-order chi connectivity index (χ1) is 6.75. The summed E-state index contributed by atoms with van der Waals surface area (Å²) in [5, 5.41) is 4.60. The van der Waals surface area contributed by atoms with Gasteiger partial charge >= 0.3 is 0 Å². The number of aromatic nitrogens is 1. The molecule has 15 heavy (non-hydrogen) atoms. The summed E-state index contributed by atoms with van der Waals surface area (Å²) in [5.74, 6) is -1.55. The highest BCUT2D eigenvalue weighted by Gasteiger charge is 2.28. The summed E-state index contributed by atoms with van der Waals surface area (Å²) in [6.45, 7) is 0. The first kappa shape index (κ1) is 12.4. The third-order valence-corrected chi connectivity index (χ3v) is 3.07. The lowest BCUT2D eigenvalue weighted by molar-refractivity contribution is 0.145. The Morgan fingerprint density at radius 1 is 1.47 bits per heavy atom. The van der Waals surface area contributed by atoms with Crippen molar-refractivity contribution in [3.8, 4) is 0 Å². The van der Waals surface area contributed by atoms with Crippen molar-refractivity contribution in [1.29, 1.82) is 0 Å². The number of hydrogen-bond donors (Lipinski definition) is 1. The fourth-order valence-electron chi connectivity index (χ4n) is 0.935. The molecular formula is C6H4BrF3N2O2S. The third-order valence-electron chi connectivity index (χ3n) is 1.48. The number of alkyl halides is 2. The SMILES string of the molecule is NS(=O)(=O)c1c(F)ncc(Br)c1C(F)F. The summed E-state index contributed by atoms with van der Waals surface area (Å²) in [7, 11) is -4.58.